The molecular formula is C13H15Cl2NO. The summed E-state index contributed by atoms with van der Waals surface area (Å²) in [5, 5.41) is 0.644. The molecule has 0 aliphatic carbocycles. The SMILES string of the molecule is CC1CCN(C(=O)c2ccc(Cl)cc2)C1CCl. The van der Waals surface area contributed by atoms with E-state index in [0.717, 1.165) is 13.0 Å². The molecule has 1 aliphatic rings. The van der Waals surface area contributed by atoms with Crippen LogP contribution < -0.4 is 0 Å². The summed E-state index contributed by atoms with van der Waals surface area (Å²) in [5.41, 5.74) is 0.679. The Kier molecular flexibility index (Phi) is 3.95. The molecule has 1 aromatic carbocycles. The van der Waals surface area contributed by atoms with Crippen LogP contribution in [0.2, 0.25) is 5.02 Å². The molecule has 2 nitrogen and oxygen atoms in total. The zero-order valence-electron chi connectivity index (χ0n) is 9.70. The molecule has 0 radical (unpaired) electrons. The van der Waals surface area contributed by atoms with Gasteiger partial charge in [-0.3, -0.25) is 4.79 Å². The minimum Gasteiger partial charge on any atom is -0.334 e. The van der Waals surface area contributed by atoms with Gasteiger partial charge in [-0.1, -0.05) is 18.5 Å². The van der Waals surface area contributed by atoms with Crippen molar-refractivity contribution in [3.8, 4) is 0 Å². The third kappa shape index (κ3) is 2.58. The van der Waals surface area contributed by atoms with Gasteiger partial charge in [0.15, 0.2) is 0 Å². The van der Waals surface area contributed by atoms with Crippen LogP contribution in [0.4, 0.5) is 0 Å². The van der Waals surface area contributed by atoms with Crippen LogP contribution >= 0.6 is 23.2 Å². The molecule has 0 bridgehead atoms. The fraction of sp³-hybridized carbons (Fsp3) is 0.462. The molecule has 4 heteroatoms. The number of rotatable bonds is 2. The van der Waals surface area contributed by atoms with Gasteiger partial charge in [-0.2, -0.15) is 0 Å². The lowest BCUT2D eigenvalue weighted by molar-refractivity contribution is 0.0737. The molecule has 0 N–H and O–H groups in total. The Morgan fingerprint density at radius 1 is 1.41 bits per heavy atom. The Balaban J connectivity index is 2.17. The van der Waals surface area contributed by atoms with Crippen LogP contribution in [0.3, 0.4) is 0 Å². The van der Waals surface area contributed by atoms with E-state index in [4.69, 9.17) is 23.2 Å². The number of carbonyl (C=O) groups is 1. The van der Waals surface area contributed by atoms with Gasteiger partial charge in [-0.25, -0.2) is 0 Å². The molecule has 1 aliphatic heterocycles. The first-order valence-electron chi connectivity index (χ1n) is 5.76. The van der Waals surface area contributed by atoms with Crippen LogP contribution in [0.1, 0.15) is 23.7 Å². The van der Waals surface area contributed by atoms with Gasteiger partial charge >= 0.3 is 0 Å². The van der Waals surface area contributed by atoms with E-state index in [9.17, 15) is 4.79 Å². The highest BCUT2D eigenvalue weighted by atomic mass is 35.5. The lowest BCUT2D eigenvalue weighted by atomic mass is 10.0. The van der Waals surface area contributed by atoms with Crippen LogP contribution in [0.15, 0.2) is 24.3 Å². The monoisotopic (exact) mass is 271 g/mol. The number of likely N-dealkylation sites (tertiary alicyclic amines) is 1. The lowest BCUT2D eigenvalue weighted by Gasteiger charge is -2.25. The van der Waals surface area contributed by atoms with Crippen molar-refractivity contribution in [2.45, 2.75) is 19.4 Å². The van der Waals surface area contributed by atoms with Gasteiger partial charge in [0.2, 0.25) is 0 Å². The van der Waals surface area contributed by atoms with Crippen LogP contribution in [0, 0.1) is 5.92 Å². The third-order valence-electron chi connectivity index (χ3n) is 3.39. The number of amides is 1. The Morgan fingerprint density at radius 2 is 2.06 bits per heavy atom. The summed E-state index contributed by atoms with van der Waals surface area (Å²) in [6.07, 6.45) is 1.02. The second-order valence-electron chi connectivity index (χ2n) is 4.49. The molecule has 1 aromatic rings. The number of carbonyl (C=O) groups excluding carboxylic acids is 1. The quantitative estimate of drug-likeness (QED) is 0.755. The smallest absolute Gasteiger partial charge is 0.254 e. The number of nitrogens with zero attached hydrogens (tertiary/aromatic N) is 1. The van der Waals surface area contributed by atoms with Crippen molar-refractivity contribution in [2.24, 2.45) is 5.92 Å². The number of hydrogen-bond acceptors (Lipinski definition) is 1. The van der Waals surface area contributed by atoms with Gasteiger partial charge in [0.1, 0.15) is 0 Å². The Morgan fingerprint density at radius 3 is 2.65 bits per heavy atom. The zero-order valence-corrected chi connectivity index (χ0v) is 11.2. The molecule has 17 heavy (non-hydrogen) atoms. The summed E-state index contributed by atoms with van der Waals surface area (Å²) < 4.78 is 0. The average molecular weight is 272 g/mol. The Bertz CT molecular complexity index is 404. The average Bonchev–Trinajstić information content (AvgIpc) is 2.70. The molecule has 1 saturated heterocycles. The maximum atomic E-state index is 12.3. The normalized spacial score (nSPS) is 24.1. The fourth-order valence-electron chi connectivity index (χ4n) is 2.25. The summed E-state index contributed by atoms with van der Waals surface area (Å²) in [5.74, 6) is 1.03. The number of halogens is 2. The standard InChI is InChI=1S/C13H15Cl2NO/c1-9-6-7-16(12(9)8-14)13(17)10-2-4-11(15)5-3-10/h2-5,9,12H,6-8H2,1H3. The Hall–Kier alpha value is -0.730. The van der Waals surface area contributed by atoms with Crippen molar-refractivity contribution in [1.82, 2.24) is 4.90 Å². The highest BCUT2D eigenvalue weighted by molar-refractivity contribution is 6.30. The van der Waals surface area contributed by atoms with Crippen molar-refractivity contribution in [2.75, 3.05) is 12.4 Å². The third-order valence-corrected chi connectivity index (χ3v) is 3.96. The second kappa shape index (κ2) is 5.28. The van der Waals surface area contributed by atoms with E-state index in [2.05, 4.69) is 6.92 Å². The molecule has 0 saturated carbocycles. The zero-order chi connectivity index (χ0) is 12.4. The summed E-state index contributed by atoms with van der Waals surface area (Å²) in [6, 6.07) is 7.16. The molecule has 1 heterocycles. The van der Waals surface area contributed by atoms with Gasteiger partial charge in [0, 0.05) is 29.1 Å². The van der Waals surface area contributed by atoms with E-state index in [1.165, 1.54) is 0 Å². The molecular weight excluding hydrogens is 257 g/mol. The van der Waals surface area contributed by atoms with E-state index in [-0.39, 0.29) is 11.9 Å². The van der Waals surface area contributed by atoms with Gasteiger partial charge < -0.3 is 4.90 Å². The first kappa shape index (κ1) is 12.7. The molecule has 0 aromatic heterocycles. The predicted octanol–water partition coefficient (Wildman–Crippen LogP) is 3.43. The van der Waals surface area contributed by atoms with Crippen LogP contribution in [0.25, 0.3) is 0 Å². The van der Waals surface area contributed by atoms with Crippen molar-refractivity contribution >= 4 is 29.1 Å². The summed E-state index contributed by atoms with van der Waals surface area (Å²) in [7, 11) is 0. The summed E-state index contributed by atoms with van der Waals surface area (Å²) >= 11 is 11.7. The second-order valence-corrected chi connectivity index (χ2v) is 5.24. The number of benzene rings is 1. The van der Waals surface area contributed by atoms with E-state index >= 15 is 0 Å². The summed E-state index contributed by atoms with van der Waals surface area (Å²) in [4.78, 5) is 14.2. The highest BCUT2D eigenvalue weighted by Gasteiger charge is 2.33. The van der Waals surface area contributed by atoms with Gasteiger partial charge in [0.25, 0.3) is 5.91 Å². The van der Waals surface area contributed by atoms with E-state index < -0.39 is 0 Å². The fourth-order valence-corrected chi connectivity index (χ4v) is 2.85. The Labute approximate surface area is 112 Å². The molecule has 2 atom stereocenters. The first-order chi connectivity index (χ1) is 8.13. The predicted molar refractivity (Wildman–Crippen MR) is 70.8 cm³/mol. The minimum absolute atomic E-state index is 0.0525. The van der Waals surface area contributed by atoms with Crippen molar-refractivity contribution in [1.29, 1.82) is 0 Å². The van der Waals surface area contributed by atoms with Gasteiger partial charge in [-0.05, 0) is 36.6 Å². The molecule has 1 fully saturated rings. The maximum absolute atomic E-state index is 12.3. The van der Waals surface area contributed by atoms with Crippen molar-refractivity contribution < 1.29 is 4.79 Å². The summed E-state index contributed by atoms with van der Waals surface area (Å²) in [6.45, 7) is 2.93. The van der Waals surface area contributed by atoms with Gasteiger partial charge in [0.05, 0.1) is 0 Å². The van der Waals surface area contributed by atoms with E-state index in [1.807, 2.05) is 4.90 Å². The number of hydrogen-bond donors (Lipinski definition) is 0. The largest absolute Gasteiger partial charge is 0.334 e. The van der Waals surface area contributed by atoms with Crippen LogP contribution in [0.5, 0.6) is 0 Å². The minimum atomic E-state index is 0.0525. The van der Waals surface area contributed by atoms with Crippen molar-refractivity contribution in [3.05, 3.63) is 34.9 Å². The number of alkyl halides is 1. The highest BCUT2D eigenvalue weighted by Crippen LogP contribution is 2.26. The topological polar surface area (TPSA) is 20.3 Å². The maximum Gasteiger partial charge on any atom is 0.254 e. The lowest BCUT2D eigenvalue weighted by Crippen LogP contribution is -2.38. The van der Waals surface area contributed by atoms with E-state index in [1.54, 1.807) is 24.3 Å². The molecule has 92 valence electrons. The van der Waals surface area contributed by atoms with Crippen molar-refractivity contribution in [3.63, 3.8) is 0 Å². The molecule has 2 rings (SSSR count). The van der Waals surface area contributed by atoms with Crippen LogP contribution in [-0.4, -0.2) is 29.3 Å². The molecule has 0 spiro atoms. The van der Waals surface area contributed by atoms with Gasteiger partial charge in [-0.15, -0.1) is 11.6 Å². The molecule has 2 unspecified atom stereocenters. The first-order valence-corrected chi connectivity index (χ1v) is 6.67. The molecule has 1 amide bonds. The van der Waals surface area contributed by atoms with E-state index in [0.29, 0.717) is 22.4 Å². The van der Waals surface area contributed by atoms with Crippen LogP contribution in [-0.2, 0) is 0 Å².